The molecule has 4 rings (SSSR count). The van der Waals surface area contributed by atoms with Crippen molar-refractivity contribution in [1.29, 1.82) is 0 Å². The van der Waals surface area contributed by atoms with Crippen molar-refractivity contribution < 1.29 is 73.7 Å². The summed E-state index contributed by atoms with van der Waals surface area (Å²) < 4.78 is 0. The van der Waals surface area contributed by atoms with Gasteiger partial charge in [0.15, 0.2) is 0 Å². The van der Waals surface area contributed by atoms with Crippen molar-refractivity contribution >= 4 is 23.9 Å². The average Bonchev–Trinajstić information content (AvgIpc) is 2.90. The van der Waals surface area contributed by atoms with E-state index in [0.717, 1.165) is 24.8 Å². The molecular formula is C22H12Cu2N6O8. The van der Waals surface area contributed by atoms with Crippen LogP contribution in [-0.4, -0.2) is 53.8 Å². The van der Waals surface area contributed by atoms with Gasteiger partial charge in [-0.3, -0.25) is 29.9 Å². The summed E-state index contributed by atoms with van der Waals surface area (Å²) in [5, 5.41) is 40.9. The Bertz CT molecular complexity index is 1190. The molecule has 0 N–H and O–H groups in total. The normalized spacial score (nSPS) is 8.95. The van der Waals surface area contributed by atoms with E-state index in [1.165, 1.54) is 11.1 Å². The van der Waals surface area contributed by atoms with E-state index in [1.54, 1.807) is 24.8 Å². The summed E-state index contributed by atoms with van der Waals surface area (Å²) in [5.41, 5.74) is -0.551. The van der Waals surface area contributed by atoms with E-state index >= 15 is 0 Å². The molecule has 0 amide bonds. The second kappa shape index (κ2) is 16.9. The SMILES string of the molecule is O=C([O-])c1nccnc1C(=O)[O-].O=C([O-])c1nccnc1C(=O)[O-].[Cu+2].[Cu+2].c1cc(-c2ccncc2)ccn1. The van der Waals surface area contributed by atoms with Crippen LogP contribution in [0.25, 0.3) is 11.1 Å². The molecule has 4 aromatic rings. The molecule has 0 aliphatic carbocycles. The number of aromatic nitrogens is 6. The fraction of sp³-hybridized carbons (Fsp3) is 0. The van der Waals surface area contributed by atoms with Gasteiger partial charge >= 0.3 is 34.1 Å². The molecule has 0 aliphatic rings. The summed E-state index contributed by atoms with van der Waals surface area (Å²) in [7, 11) is 0. The van der Waals surface area contributed by atoms with Gasteiger partial charge in [-0.1, -0.05) is 0 Å². The van der Waals surface area contributed by atoms with Gasteiger partial charge in [0.1, 0.15) is 22.8 Å². The minimum Gasteiger partial charge on any atom is -0.543 e. The zero-order valence-electron chi connectivity index (χ0n) is 18.5. The molecule has 38 heavy (non-hydrogen) atoms. The third-order valence-electron chi connectivity index (χ3n) is 3.86. The number of nitrogens with zero attached hydrogens (tertiary/aromatic N) is 6. The Balaban J connectivity index is 0.000000527. The van der Waals surface area contributed by atoms with Crippen LogP contribution in [0.1, 0.15) is 42.0 Å². The molecule has 14 nitrogen and oxygen atoms in total. The predicted molar refractivity (Wildman–Crippen MR) is 109 cm³/mol. The van der Waals surface area contributed by atoms with Gasteiger partial charge in [-0.15, -0.1) is 0 Å². The monoisotopic (exact) mass is 614 g/mol. The molecule has 0 aromatic carbocycles. The molecule has 4 aromatic heterocycles. The van der Waals surface area contributed by atoms with Crippen LogP contribution in [0.5, 0.6) is 0 Å². The van der Waals surface area contributed by atoms with Crippen molar-refractivity contribution in [1.82, 2.24) is 29.9 Å². The molecule has 16 heteroatoms. The Morgan fingerprint density at radius 1 is 0.421 bits per heavy atom. The van der Waals surface area contributed by atoms with E-state index in [9.17, 15) is 39.6 Å². The van der Waals surface area contributed by atoms with Crippen LogP contribution in [-0.2, 0) is 34.1 Å². The van der Waals surface area contributed by atoms with Gasteiger partial charge < -0.3 is 39.6 Å². The van der Waals surface area contributed by atoms with E-state index in [-0.39, 0.29) is 34.1 Å². The number of carboxylic acid groups (broad SMARTS) is 4. The molecule has 0 saturated heterocycles. The first-order valence-electron chi connectivity index (χ1n) is 9.50. The van der Waals surface area contributed by atoms with Crippen LogP contribution in [0.3, 0.4) is 0 Å². The van der Waals surface area contributed by atoms with E-state index in [2.05, 4.69) is 29.9 Å². The van der Waals surface area contributed by atoms with E-state index in [1.807, 2.05) is 24.3 Å². The van der Waals surface area contributed by atoms with Gasteiger partial charge in [-0.25, -0.2) is 0 Å². The molecule has 4 heterocycles. The third-order valence-corrected chi connectivity index (χ3v) is 3.86. The summed E-state index contributed by atoms with van der Waals surface area (Å²) in [5.74, 6) is -6.77. The van der Waals surface area contributed by atoms with Crippen LogP contribution in [0.15, 0.2) is 73.8 Å². The standard InChI is InChI=1S/C10H8N2.2C6H4N2O4.2Cu/c1-5-11-6-2-9(1)10-3-7-12-8-4-10;2*9-5(10)3-4(6(11)12)8-2-1-7-3;;/h1-8H;2*1-2H,(H,9,10)(H,11,12);;/q;;;2*+2/p-4. The molecule has 0 aliphatic heterocycles. The maximum absolute atomic E-state index is 10.2. The number of hydrogen-bond acceptors (Lipinski definition) is 14. The van der Waals surface area contributed by atoms with Gasteiger partial charge in [-0.05, 0) is 35.4 Å². The Hall–Kier alpha value is -4.62. The molecule has 0 bridgehead atoms. The van der Waals surface area contributed by atoms with Crippen molar-refractivity contribution in [3.05, 3.63) is 96.6 Å². The zero-order valence-corrected chi connectivity index (χ0v) is 20.4. The van der Waals surface area contributed by atoms with E-state index < -0.39 is 46.7 Å². The summed E-state index contributed by atoms with van der Waals surface area (Å²) in [6.07, 6.45) is 11.4. The second-order valence-electron chi connectivity index (χ2n) is 6.13. The van der Waals surface area contributed by atoms with Crippen LogP contribution in [0.4, 0.5) is 0 Å². The topological polar surface area (TPSA) is 238 Å². The molecule has 0 saturated carbocycles. The van der Waals surface area contributed by atoms with Crippen LogP contribution >= 0.6 is 0 Å². The Kier molecular flexibility index (Phi) is 14.9. The van der Waals surface area contributed by atoms with Crippen molar-refractivity contribution in [2.75, 3.05) is 0 Å². The van der Waals surface area contributed by atoms with Gasteiger partial charge in [0.05, 0.1) is 23.9 Å². The molecular weight excluding hydrogens is 603 g/mol. The first-order chi connectivity index (χ1) is 17.2. The van der Waals surface area contributed by atoms with Crippen molar-refractivity contribution in [2.45, 2.75) is 0 Å². The largest absolute Gasteiger partial charge is 2.00 e. The number of pyridine rings is 2. The maximum Gasteiger partial charge on any atom is 2.00 e. The van der Waals surface area contributed by atoms with Crippen LogP contribution in [0, 0.1) is 0 Å². The molecule has 0 atom stereocenters. The van der Waals surface area contributed by atoms with Gasteiger partial charge in [-0.2, -0.15) is 0 Å². The summed E-state index contributed by atoms with van der Waals surface area (Å²) >= 11 is 0. The summed E-state index contributed by atoms with van der Waals surface area (Å²) in [4.78, 5) is 61.8. The number of rotatable bonds is 5. The first-order valence-corrected chi connectivity index (χ1v) is 9.50. The fourth-order valence-electron chi connectivity index (χ4n) is 2.36. The van der Waals surface area contributed by atoms with Crippen LogP contribution in [0.2, 0.25) is 0 Å². The molecule has 0 unspecified atom stereocenters. The maximum atomic E-state index is 10.2. The van der Waals surface area contributed by atoms with Crippen LogP contribution < -0.4 is 20.4 Å². The number of hydrogen-bond donors (Lipinski definition) is 0. The minimum absolute atomic E-state index is 0. The van der Waals surface area contributed by atoms with Gasteiger partial charge in [0.2, 0.25) is 0 Å². The fourth-order valence-corrected chi connectivity index (χ4v) is 2.36. The van der Waals surface area contributed by atoms with Gasteiger partial charge in [0, 0.05) is 49.6 Å². The zero-order chi connectivity index (χ0) is 26.5. The molecule has 2 radical (unpaired) electrons. The van der Waals surface area contributed by atoms with Crippen molar-refractivity contribution in [3.8, 4) is 11.1 Å². The smallest absolute Gasteiger partial charge is 0.543 e. The van der Waals surface area contributed by atoms with E-state index in [4.69, 9.17) is 0 Å². The van der Waals surface area contributed by atoms with E-state index in [0.29, 0.717) is 0 Å². The number of aromatic carboxylic acids is 4. The third kappa shape index (κ3) is 10.2. The first kappa shape index (κ1) is 33.4. The number of carboxylic acids is 4. The Morgan fingerprint density at radius 2 is 0.632 bits per heavy atom. The quantitative estimate of drug-likeness (QED) is 0.198. The van der Waals surface area contributed by atoms with Gasteiger partial charge in [0.25, 0.3) is 0 Å². The molecule has 0 fully saturated rings. The number of carbonyl (C=O) groups excluding carboxylic acids is 4. The predicted octanol–water partition coefficient (Wildman–Crippen LogP) is -3.45. The summed E-state index contributed by atoms with van der Waals surface area (Å²) in [6, 6.07) is 7.93. The Labute approximate surface area is 234 Å². The average molecular weight is 615 g/mol. The Morgan fingerprint density at radius 3 is 0.816 bits per heavy atom. The molecule has 200 valence electrons. The number of carbonyl (C=O) groups is 4. The molecule has 0 spiro atoms. The second-order valence-corrected chi connectivity index (χ2v) is 6.13. The summed E-state index contributed by atoms with van der Waals surface area (Å²) in [6.45, 7) is 0. The van der Waals surface area contributed by atoms with Crippen molar-refractivity contribution in [3.63, 3.8) is 0 Å². The van der Waals surface area contributed by atoms with Crippen molar-refractivity contribution in [2.24, 2.45) is 0 Å². The minimum atomic E-state index is -1.69.